The van der Waals surface area contributed by atoms with E-state index in [1.54, 1.807) is 24.3 Å². The molecule has 0 atom stereocenters. The maximum absolute atomic E-state index is 13.5. The third-order valence-corrected chi connectivity index (χ3v) is 9.10. The summed E-state index contributed by atoms with van der Waals surface area (Å²) >= 11 is 0. The van der Waals surface area contributed by atoms with Crippen molar-refractivity contribution in [3.05, 3.63) is 113 Å². The largest absolute Gasteiger partial charge is 0.507 e. The Hall–Kier alpha value is -7.23. The molecule has 0 fully saturated rings. The van der Waals surface area contributed by atoms with E-state index < -0.39 is 50.1 Å². The van der Waals surface area contributed by atoms with Crippen molar-refractivity contribution >= 4 is 40.5 Å². The average molecular weight is 791 g/mol. The van der Waals surface area contributed by atoms with Gasteiger partial charge in [0.1, 0.15) is 42.5 Å². The first kappa shape index (κ1) is 40.4. The lowest BCUT2D eigenvalue weighted by Gasteiger charge is -2.25. The van der Waals surface area contributed by atoms with Gasteiger partial charge in [-0.15, -0.1) is 0 Å². The molecule has 5 N–H and O–H groups in total. The number of rotatable bonds is 19. The van der Waals surface area contributed by atoms with Crippen molar-refractivity contribution in [1.29, 1.82) is 0 Å². The van der Waals surface area contributed by atoms with Crippen molar-refractivity contribution < 1.29 is 58.6 Å². The maximum atomic E-state index is 13.5. The van der Waals surface area contributed by atoms with Crippen LogP contribution in [0.25, 0.3) is 55.7 Å². The zero-order valence-corrected chi connectivity index (χ0v) is 30.9. The van der Waals surface area contributed by atoms with Gasteiger partial charge in [0.2, 0.25) is 0 Å². The molecule has 0 unspecified atom stereocenters. The van der Waals surface area contributed by atoms with Crippen molar-refractivity contribution in [2.24, 2.45) is 0 Å². The zero-order valence-electron chi connectivity index (χ0n) is 30.9. The summed E-state index contributed by atoms with van der Waals surface area (Å²) in [6, 6.07) is 29.4. The van der Waals surface area contributed by atoms with Crippen molar-refractivity contribution in [3.63, 3.8) is 0 Å². The number of ether oxygens (including phenoxy) is 2. The van der Waals surface area contributed by atoms with Gasteiger partial charge in [-0.05, 0) is 41.0 Å². The van der Waals surface area contributed by atoms with Crippen LogP contribution in [0.3, 0.4) is 0 Å². The maximum Gasteiger partial charge on any atom is 0.323 e. The highest BCUT2D eigenvalue weighted by Gasteiger charge is 2.25. The topological polar surface area (TPSA) is 225 Å². The van der Waals surface area contributed by atoms with Crippen molar-refractivity contribution in [1.82, 2.24) is 4.90 Å². The monoisotopic (exact) mass is 790 g/mol. The lowest BCUT2D eigenvalue weighted by Crippen LogP contribution is -2.37. The number of hydrogen-bond acceptors (Lipinski definition) is 11. The van der Waals surface area contributed by atoms with Gasteiger partial charge < -0.3 is 44.3 Å². The quantitative estimate of drug-likeness (QED) is 0.0508. The van der Waals surface area contributed by atoms with Gasteiger partial charge in [0.15, 0.2) is 5.43 Å². The molecule has 4 aromatic rings. The molecule has 0 spiro atoms. The Morgan fingerprint density at radius 1 is 0.603 bits per heavy atom. The molecule has 0 saturated heterocycles. The molecule has 0 aromatic heterocycles. The number of phenolic OH excluding ortho intramolecular Hbond substituents is 1. The number of hydrogen-bond donors (Lipinski definition) is 5. The number of benzene rings is 5. The average Bonchev–Trinajstić information content (AvgIpc) is 3.17. The second-order valence-corrected chi connectivity index (χ2v) is 13.2. The first-order chi connectivity index (χ1) is 27.9. The number of fused-ring (bicyclic) bond motifs is 2. The minimum Gasteiger partial charge on any atom is -0.507 e. The smallest absolute Gasteiger partial charge is 0.323 e. The van der Waals surface area contributed by atoms with Gasteiger partial charge >= 0.3 is 23.9 Å². The number of anilines is 1. The molecule has 6 rings (SSSR count). The minimum absolute atomic E-state index is 0.000112. The third kappa shape index (κ3) is 9.76. The Kier molecular flexibility index (Phi) is 12.6. The van der Waals surface area contributed by atoms with Crippen LogP contribution in [0.1, 0.15) is 0 Å². The molecule has 0 amide bonds. The van der Waals surface area contributed by atoms with E-state index in [0.717, 1.165) is 10.5 Å². The van der Waals surface area contributed by atoms with E-state index in [2.05, 4.69) is 0 Å². The van der Waals surface area contributed by atoms with Crippen LogP contribution in [-0.4, -0.2) is 107 Å². The fourth-order valence-corrected chi connectivity index (χ4v) is 6.66. The van der Waals surface area contributed by atoms with Crippen LogP contribution in [0.5, 0.6) is 11.5 Å². The van der Waals surface area contributed by atoms with Crippen LogP contribution < -0.4 is 15.1 Å². The predicted octanol–water partition coefficient (Wildman–Crippen LogP) is 5.45. The normalized spacial score (nSPS) is 11.2. The Morgan fingerprint density at radius 2 is 1.21 bits per heavy atom. The van der Waals surface area contributed by atoms with Gasteiger partial charge in [-0.2, -0.15) is 0 Å². The van der Waals surface area contributed by atoms with E-state index in [4.69, 9.17) is 24.1 Å². The lowest BCUT2D eigenvalue weighted by atomic mass is 9.89. The number of aromatic hydroxyl groups is 1. The highest BCUT2D eigenvalue weighted by atomic mass is 16.5. The molecule has 0 saturated carbocycles. The molecule has 58 heavy (non-hydrogen) atoms. The van der Waals surface area contributed by atoms with Crippen LogP contribution in [-0.2, 0) is 23.9 Å². The summed E-state index contributed by atoms with van der Waals surface area (Å²) in [6.45, 7) is -2.58. The molecule has 4 aromatic carbocycles. The van der Waals surface area contributed by atoms with Crippen molar-refractivity contribution in [2.75, 3.05) is 57.4 Å². The number of carbonyl (C=O) groups is 4. The fraction of sp³-hybridized carbons (Fsp3) is 0.186. The number of nitrogens with zero attached hydrogens (tertiary/aromatic N) is 2. The van der Waals surface area contributed by atoms with Crippen molar-refractivity contribution in [2.45, 2.75) is 0 Å². The van der Waals surface area contributed by atoms with Gasteiger partial charge in [-0.3, -0.25) is 28.9 Å². The molecular formula is C43H38N2O13. The fourth-order valence-electron chi connectivity index (χ4n) is 6.66. The molecule has 0 bridgehead atoms. The Morgan fingerprint density at radius 3 is 1.81 bits per heavy atom. The van der Waals surface area contributed by atoms with E-state index in [0.29, 0.717) is 38.8 Å². The van der Waals surface area contributed by atoms with E-state index in [1.807, 2.05) is 60.7 Å². The van der Waals surface area contributed by atoms with Gasteiger partial charge in [0, 0.05) is 46.3 Å². The van der Waals surface area contributed by atoms with E-state index in [-0.39, 0.29) is 60.3 Å². The summed E-state index contributed by atoms with van der Waals surface area (Å²) in [5.41, 5.74) is 3.99. The van der Waals surface area contributed by atoms with Gasteiger partial charge in [0.25, 0.3) is 0 Å². The summed E-state index contributed by atoms with van der Waals surface area (Å²) in [5.74, 6) is -4.73. The third-order valence-electron chi connectivity index (χ3n) is 9.10. The second kappa shape index (κ2) is 18.1. The Balaban J connectivity index is 1.47. The predicted molar refractivity (Wildman–Crippen MR) is 213 cm³/mol. The molecule has 0 radical (unpaired) electrons. The Labute approximate surface area is 330 Å². The number of phenols is 1. The molecule has 15 heteroatoms. The van der Waals surface area contributed by atoms with Crippen molar-refractivity contribution in [3.8, 4) is 56.2 Å². The van der Waals surface area contributed by atoms with E-state index in [1.165, 1.54) is 23.1 Å². The first-order valence-corrected chi connectivity index (χ1v) is 18.0. The van der Waals surface area contributed by atoms with E-state index in [9.17, 15) is 39.3 Å². The SMILES string of the molecule is O=C(O)CN(CCOCCOc1cc(-c2c3cc(-c4ccccc4)c(=O)cc-3oc3cc(O)c(-c4ccccc4)cc23)ccc1N(CC(=O)O)CC(=O)O)CC(=O)O. The van der Waals surface area contributed by atoms with Crippen LogP contribution in [0, 0.1) is 0 Å². The molecule has 15 nitrogen and oxygen atoms in total. The first-order valence-electron chi connectivity index (χ1n) is 18.0. The van der Waals surface area contributed by atoms with Crippen LogP contribution in [0.4, 0.5) is 5.69 Å². The molecule has 298 valence electrons. The summed E-state index contributed by atoms with van der Waals surface area (Å²) in [7, 11) is 0. The number of carboxylic acid groups (broad SMARTS) is 4. The number of aliphatic carboxylic acids is 4. The van der Waals surface area contributed by atoms with Gasteiger partial charge in [0.05, 0.1) is 32.0 Å². The zero-order chi connectivity index (χ0) is 41.3. The minimum atomic E-state index is -1.29. The highest BCUT2D eigenvalue weighted by Crippen LogP contribution is 2.46. The summed E-state index contributed by atoms with van der Waals surface area (Å²) in [5, 5.41) is 49.4. The lowest BCUT2D eigenvalue weighted by molar-refractivity contribution is -0.142. The summed E-state index contributed by atoms with van der Waals surface area (Å²) < 4.78 is 18.1. The standard InChI is InChI=1S/C43H38N2O13/c46-34-20-36-31(18-29(34)26-7-3-1-4-8-26)43(32-19-30(27-9-5-2-6-10-27)35(47)21-37(32)58-36)28-11-12-33(45(24-41(52)53)25-42(54)55)38(17-28)57-16-15-56-14-13-44(22-39(48)49)23-40(50)51/h1-12,17-21,46H,13-16,22-25H2,(H,48,49)(H,50,51)(H,52,53)(H,54,55). The van der Waals surface area contributed by atoms with Crippen LogP contribution in [0.2, 0.25) is 0 Å². The van der Waals surface area contributed by atoms with Gasteiger partial charge in [-0.1, -0.05) is 66.7 Å². The molecule has 1 aliphatic carbocycles. The second-order valence-electron chi connectivity index (χ2n) is 13.2. The summed E-state index contributed by atoms with van der Waals surface area (Å²) in [4.78, 5) is 62.0. The van der Waals surface area contributed by atoms with Crippen LogP contribution >= 0.6 is 0 Å². The molecule has 2 aliphatic rings. The Bertz CT molecular complexity index is 2450. The molecule has 1 heterocycles. The number of carboxylic acids is 4. The van der Waals surface area contributed by atoms with Gasteiger partial charge in [-0.25, -0.2) is 0 Å². The van der Waals surface area contributed by atoms with Crippen LogP contribution in [0.15, 0.2) is 112 Å². The summed E-state index contributed by atoms with van der Waals surface area (Å²) in [6.07, 6.45) is 0. The van der Waals surface area contributed by atoms with E-state index >= 15 is 0 Å². The molecular weight excluding hydrogens is 752 g/mol. The molecule has 1 aliphatic heterocycles. The highest BCUT2D eigenvalue weighted by molar-refractivity contribution is 6.05.